The minimum atomic E-state index is -0.651. The van der Waals surface area contributed by atoms with E-state index >= 15 is 0 Å². The SMILES string of the molecule is CC(Oc1cccc(NC(=O)c2ccccc2Cl)c1)C(=O)c1ccccc1. The van der Waals surface area contributed by atoms with Crippen molar-refractivity contribution in [2.45, 2.75) is 13.0 Å². The first-order valence-corrected chi connectivity index (χ1v) is 8.84. The third-order valence-electron chi connectivity index (χ3n) is 3.95. The normalized spacial score (nSPS) is 11.5. The quantitative estimate of drug-likeness (QED) is 0.595. The number of Topliss-reactive ketones (excluding diaryl/α,β-unsaturated/α-hetero) is 1. The first kappa shape index (κ1) is 18.7. The number of benzene rings is 3. The second kappa shape index (κ2) is 8.52. The Hall–Kier alpha value is -3.11. The fourth-order valence-electron chi connectivity index (χ4n) is 2.59. The summed E-state index contributed by atoms with van der Waals surface area (Å²) >= 11 is 6.06. The van der Waals surface area contributed by atoms with Crippen LogP contribution in [0.25, 0.3) is 0 Å². The van der Waals surface area contributed by atoms with Crippen molar-refractivity contribution in [3.8, 4) is 5.75 Å². The molecule has 0 aromatic heterocycles. The predicted octanol–water partition coefficient (Wildman–Crippen LogP) is 5.24. The van der Waals surface area contributed by atoms with Crippen LogP contribution in [0.1, 0.15) is 27.6 Å². The van der Waals surface area contributed by atoms with Gasteiger partial charge < -0.3 is 10.1 Å². The number of hydrogen-bond donors (Lipinski definition) is 1. The number of rotatable bonds is 6. The van der Waals surface area contributed by atoms with Gasteiger partial charge >= 0.3 is 0 Å². The number of carbonyl (C=O) groups excluding carboxylic acids is 2. The molecule has 1 N–H and O–H groups in total. The Morgan fingerprint density at radius 3 is 2.37 bits per heavy atom. The first-order chi connectivity index (χ1) is 13.0. The number of carbonyl (C=O) groups is 2. The van der Waals surface area contributed by atoms with Crippen molar-refractivity contribution in [2.24, 2.45) is 0 Å². The van der Waals surface area contributed by atoms with Gasteiger partial charge in [0.1, 0.15) is 5.75 Å². The van der Waals surface area contributed by atoms with E-state index in [1.807, 2.05) is 18.2 Å². The van der Waals surface area contributed by atoms with Gasteiger partial charge in [-0.2, -0.15) is 0 Å². The molecule has 0 fully saturated rings. The molecule has 136 valence electrons. The Morgan fingerprint density at radius 2 is 1.63 bits per heavy atom. The molecule has 0 spiro atoms. The topological polar surface area (TPSA) is 55.4 Å². The Morgan fingerprint density at radius 1 is 0.926 bits per heavy atom. The van der Waals surface area contributed by atoms with Crippen molar-refractivity contribution in [3.05, 3.63) is 95.0 Å². The van der Waals surface area contributed by atoms with E-state index in [4.69, 9.17) is 16.3 Å². The molecular weight excluding hydrogens is 362 g/mol. The molecule has 27 heavy (non-hydrogen) atoms. The monoisotopic (exact) mass is 379 g/mol. The van der Waals surface area contributed by atoms with E-state index in [0.29, 0.717) is 27.6 Å². The minimum absolute atomic E-state index is 0.110. The Balaban J connectivity index is 1.69. The molecule has 0 aliphatic rings. The third kappa shape index (κ3) is 4.74. The molecule has 3 aromatic carbocycles. The van der Waals surface area contributed by atoms with Crippen LogP contribution in [0.5, 0.6) is 5.75 Å². The fourth-order valence-corrected chi connectivity index (χ4v) is 2.81. The molecule has 0 saturated heterocycles. The lowest BCUT2D eigenvalue weighted by Gasteiger charge is -2.15. The molecule has 0 bridgehead atoms. The number of halogens is 1. The average molecular weight is 380 g/mol. The number of hydrogen-bond acceptors (Lipinski definition) is 3. The van der Waals surface area contributed by atoms with Gasteiger partial charge in [0.15, 0.2) is 6.10 Å². The zero-order chi connectivity index (χ0) is 19.2. The highest BCUT2D eigenvalue weighted by atomic mass is 35.5. The van der Waals surface area contributed by atoms with E-state index in [1.54, 1.807) is 67.6 Å². The van der Waals surface area contributed by atoms with Gasteiger partial charge in [-0.15, -0.1) is 0 Å². The molecule has 3 rings (SSSR count). The highest BCUT2D eigenvalue weighted by Gasteiger charge is 2.17. The summed E-state index contributed by atoms with van der Waals surface area (Å²) in [5.41, 5.74) is 1.53. The van der Waals surface area contributed by atoms with E-state index in [-0.39, 0.29) is 11.7 Å². The molecule has 0 heterocycles. The lowest BCUT2D eigenvalue weighted by atomic mass is 10.1. The van der Waals surface area contributed by atoms with Gasteiger partial charge in [-0.25, -0.2) is 0 Å². The van der Waals surface area contributed by atoms with Crippen LogP contribution in [-0.2, 0) is 0 Å². The maximum atomic E-state index is 12.4. The van der Waals surface area contributed by atoms with Crippen LogP contribution in [0.2, 0.25) is 5.02 Å². The van der Waals surface area contributed by atoms with Crippen LogP contribution in [0.3, 0.4) is 0 Å². The Labute approximate surface area is 162 Å². The highest BCUT2D eigenvalue weighted by Crippen LogP contribution is 2.22. The minimum Gasteiger partial charge on any atom is -0.482 e. The summed E-state index contributed by atoms with van der Waals surface area (Å²) < 4.78 is 5.76. The molecule has 1 unspecified atom stereocenters. The number of ether oxygens (including phenoxy) is 1. The number of nitrogens with one attached hydrogen (secondary N) is 1. The van der Waals surface area contributed by atoms with Crippen LogP contribution < -0.4 is 10.1 Å². The third-order valence-corrected chi connectivity index (χ3v) is 4.28. The number of anilines is 1. The lowest BCUT2D eigenvalue weighted by Crippen LogP contribution is -2.23. The molecule has 0 aliphatic carbocycles. The van der Waals surface area contributed by atoms with E-state index in [2.05, 4.69) is 5.32 Å². The largest absolute Gasteiger partial charge is 0.482 e. The average Bonchev–Trinajstić information content (AvgIpc) is 2.68. The lowest BCUT2D eigenvalue weighted by molar-refractivity contribution is 0.0818. The van der Waals surface area contributed by atoms with Crippen molar-refractivity contribution >= 4 is 29.0 Å². The van der Waals surface area contributed by atoms with Crippen LogP contribution in [0, 0.1) is 0 Å². The van der Waals surface area contributed by atoms with Crippen molar-refractivity contribution in [1.29, 1.82) is 0 Å². The molecule has 0 saturated carbocycles. The molecule has 5 heteroatoms. The van der Waals surface area contributed by atoms with Gasteiger partial charge in [0.2, 0.25) is 5.78 Å². The maximum absolute atomic E-state index is 12.4. The van der Waals surface area contributed by atoms with E-state index < -0.39 is 6.10 Å². The van der Waals surface area contributed by atoms with Gasteiger partial charge in [0.25, 0.3) is 5.91 Å². The van der Waals surface area contributed by atoms with Gasteiger partial charge in [-0.1, -0.05) is 60.1 Å². The Bertz CT molecular complexity index is 957. The summed E-state index contributed by atoms with van der Waals surface area (Å²) in [5.74, 6) is 0.0657. The molecule has 0 aliphatic heterocycles. The number of ketones is 1. The predicted molar refractivity (Wildman–Crippen MR) is 107 cm³/mol. The molecular formula is C22H18ClNO3. The summed E-state index contributed by atoms with van der Waals surface area (Å²) in [4.78, 5) is 24.8. The van der Waals surface area contributed by atoms with Gasteiger partial charge in [0, 0.05) is 17.3 Å². The van der Waals surface area contributed by atoms with Crippen LogP contribution in [-0.4, -0.2) is 17.8 Å². The molecule has 1 amide bonds. The van der Waals surface area contributed by atoms with Gasteiger partial charge in [-0.05, 0) is 31.2 Å². The highest BCUT2D eigenvalue weighted by molar-refractivity contribution is 6.34. The van der Waals surface area contributed by atoms with E-state index in [9.17, 15) is 9.59 Å². The van der Waals surface area contributed by atoms with Crippen molar-refractivity contribution in [3.63, 3.8) is 0 Å². The van der Waals surface area contributed by atoms with Gasteiger partial charge in [0.05, 0.1) is 10.6 Å². The van der Waals surface area contributed by atoms with Crippen molar-refractivity contribution in [2.75, 3.05) is 5.32 Å². The second-order valence-electron chi connectivity index (χ2n) is 5.95. The molecule has 1 atom stereocenters. The van der Waals surface area contributed by atoms with Crippen LogP contribution >= 0.6 is 11.6 Å². The summed E-state index contributed by atoms with van der Waals surface area (Å²) in [6, 6.07) is 22.7. The van der Waals surface area contributed by atoms with E-state index in [1.165, 1.54) is 0 Å². The summed E-state index contributed by atoms with van der Waals surface area (Å²) in [6.45, 7) is 1.70. The standard InChI is InChI=1S/C22H18ClNO3/c1-15(21(25)16-8-3-2-4-9-16)27-18-11-7-10-17(14-18)24-22(26)19-12-5-6-13-20(19)23/h2-15H,1H3,(H,24,26). The maximum Gasteiger partial charge on any atom is 0.257 e. The summed E-state index contributed by atoms with van der Waals surface area (Å²) in [6.07, 6.45) is -0.651. The number of amides is 1. The second-order valence-corrected chi connectivity index (χ2v) is 6.36. The van der Waals surface area contributed by atoms with Crippen molar-refractivity contribution in [1.82, 2.24) is 0 Å². The zero-order valence-electron chi connectivity index (χ0n) is 14.7. The zero-order valence-corrected chi connectivity index (χ0v) is 15.4. The van der Waals surface area contributed by atoms with E-state index in [0.717, 1.165) is 0 Å². The van der Waals surface area contributed by atoms with Crippen molar-refractivity contribution < 1.29 is 14.3 Å². The van der Waals surface area contributed by atoms with Crippen LogP contribution in [0.15, 0.2) is 78.9 Å². The molecule has 0 radical (unpaired) electrons. The first-order valence-electron chi connectivity index (χ1n) is 8.46. The smallest absolute Gasteiger partial charge is 0.257 e. The summed E-state index contributed by atoms with van der Waals surface area (Å²) in [5, 5.41) is 3.16. The molecule has 3 aromatic rings. The van der Waals surface area contributed by atoms with Crippen LogP contribution in [0.4, 0.5) is 5.69 Å². The fraction of sp³-hybridized carbons (Fsp3) is 0.0909. The summed E-state index contributed by atoms with van der Waals surface area (Å²) in [7, 11) is 0. The Kier molecular flexibility index (Phi) is 5.89. The molecule has 4 nitrogen and oxygen atoms in total. The van der Waals surface area contributed by atoms with Gasteiger partial charge in [-0.3, -0.25) is 9.59 Å².